The number of benzene rings is 1. The highest BCUT2D eigenvalue weighted by molar-refractivity contribution is 9.10. The lowest BCUT2D eigenvalue weighted by atomic mass is 10.3. The molecule has 5 heteroatoms. The second kappa shape index (κ2) is 4.77. The Morgan fingerprint density at radius 1 is 1.46 bits per heavy atom. The van der Waals surface area contributed by atoms with E-state index in [4.69, 9.17) is 16.3 Å². The minimum Gasteiger partial charge on any atom is -0.486 e. The van der Waals surface area contributed by atoms with E-state index in [0.717, 1.165) is 4.47 Å². The second-order valence-corrected chi connectivity index (χ2v) is 3.60. The number of ether oxygens (including phenoxy) is 1. The normalized spacial score (nSPS) is 10.5. The fourth-order valence-corrected chi connectivity index (χ4v) is 1.25. The minimum absolute atomic E-state index is 0.261. The molecule has 0 spiro atoms. The maximum atomic E-state index is 11.8. The number of alkyl halides is 2. The Balaban J connectivity index is 2.70. The zero-order chi connectivity index (χ0) is 9.84. The fourth-order valence-electron chi connectivity index (χ4n) is 0.741. The standard InChI is InChI=1S/C8H6BrClF2O/c9-5-1-2-6(10)7(3-5)13-4-8(11)12/h1-3,8H,4H2. The maximum Gasteiger partial charge on any atom is 0.272 e. The number of rotatable bonds is 3. The molecule has 72 valence electrons. The highest BCUT2D eigenvalue weighted by Gasteiger charge is 2.06. The van der Waals surface area contributed by atoms with Crippen LogP contribution in [0.1, 0.15) is 0 Å². The topological polar surface area (TPSA) is 9.23 Å². The quantitative estimate of drug-likeness (QED) is 0.813. The van der Waals surface area contributed by atoms with Gasteiger partial charge in [-0.1, -0.05) is 27.5 Å². The molecule has 0 N–H and O–H groups in total. The molecule has 0 atom stereocenters. The summed E-state index contributed by atoms with van der Waals surface area (Å²) in [7, 11) is 0. The summed E-state index contributed by atoms with van der Waals surface area (Å²) in [5.41, 5.74) is 0. The molecule has 0 aromatic heterocycles. The summed E-state index contributed by atoms with van der Waals surface area (Å²) >= 11 is 8.87. The fraction of sp³-hybridized carbons (Fsp3) is 0.250. The molecule has 0 bridgehead atoms. The van der Waals surface area contributed by atoms with Crippen molar-refractivity contribution >= 4 is 27.5 Å². The van der Waals surface area contributed by atoms with Gasteiger partial charge in [-0.25, -0.2) is 8.78 Å². The molecule has 1 aromatic rings. The van der Waals surface area contributed by atoms with E-state index in [0.29, 0.717) is 5.02 Å². The van der Waals surface area contributed by atoms with Crippen molar-refractivity contribution in [2.24, 2.45) is 0 Å². The molecule has 0 radical (unpaired) electrons. The predicted molar refractivity (Wildman–Crippen MR) is 50.7 cm³/mol. The van der Waals surface area contributed by atoms with Crippen LogP contribution in [0, 0.1) is 0 Å². The van der Waals surface area contributed by atoms with Gasteiger partial charge in [0.05, 0.1) is 5.02 Å². The van der Waals surface area contributed by atoms with Gasteiger partial charge in [0.2, 0.25) is 0 Å². The van der Waals surface area contributed by atoms with Gasteiger partial charge in [-0.3, -0.25) is 0 Å². The van der Waals surface area contributed by atoms with Gasteiger partial charge in [-0.05, 0) is 18.2 Å². The van der Waals surface area contributed by atoms with Crippen molar-refractivity contribution < 1.29 is 13.5 Å². The van der Waals surface area contributed by atoms with Crippen LogP contribution in [-0.2, 0) is 0 Å². The van der Waals surface area contributed by atoms with Crippen molar-refractivity contribution in [2.45, 2.75) is 6.43 Å². The SMILES string of the molecule is FC(F)COc1cc(Br)ccc1Cl. The Labute approximate surface area is 87.8 Å². The lowest BCUT2D eigenvalue weighted by Gasteiger charge is -2.07. The molecule has 1 rings (SSSR count). The van der Waals surface area contributed by atoms with E-state index in [9.17, 15) is 8.78 Å². The maximum absolute atomic E-state index is 11.8. The van der Waals surface area contributed by atoms with Crippen LogP contribution in [0.15, 0.2) is 22.7 Å². The minimum atomic E-state index is -2.49. The molecule has 13 heavy (non-hydrogen) atoms. The molecule has 1 nitrogen and oxygen atoms in total. The van der Waals surface area contributed by atoms with Crippen LogP contribution in [0.5, 0.6) is 5.75 Å². The van der Waals surface area contributed by atoms with Gasteiger partial charge in [0.15, 0.2) is 0 Å². The van der Waals surface area contributed by atoms with Crippen LogP contribution < -0.4 is 4.74 Å². The molecule has 0 aliphatic rings. The Kier molecular flexibility index (Phi) is 3.93. The van der Waals surface area contributed by atoms with Crippen molar-refractivity contribution in [3.05, 3.63) is 27.7 Å². The summed E-state index contributed by atoms with van der Waals surface area (Å²) in [5.74, 6) is 0.261. The molecular weight excluding hydrogens is 265 g/mol. The summed E-state index contributed by atoms with van der Waals surface area (Å²) in [5, 5.41) is 0.323. The smallest absolute Gasteiger partial charge is 0.272 e. The summed E-state index contributed by atoms with van der Waals surface area (Å²) < 4.78 is 29.1. The first-order chi connectivity index (χ1) is 6.09. The van der Waals surface area contributed by atoms with Crippen molar-refractivity contribution in [1.29, 1.82) is 0 Å². The van der Waals surface area contributed by atoms with Gasteiger partial charge < -0.3 is 4.74 Å². The Bertz CT molecular complexity index is 293. The van der Waals surface area contributed by atoms with E-state index < -0.39 is 13.0 Å². The van der Waals surface area contributed by atoms with Crippen molar-refractivity contribution in [2.75, 3.05) is 6.61 Å². The third-order valence-corrected chi connectivity index (χ3v) is 2.06. The molecule has 0 heterocycles. The van der Waals surface area contributed by atoms with Crippen LogP contribution >= 0.6 is 27.5 Å². The molecule has 0 unspecified atom stereocenters. The first-order valence-electron chi connectivity index (χ1n) is 3.45. The van der Waals surface area contributed by atoms with Crippen molar-refractivity contribution in [3.63, 3.8) is 0 Å². The summed E-state index contributed by atoms with van der Waals surface area (Å²) in [6.45, 7) is -0.643. The van der Waals surface area contributed by atoms with Gasteiger partial charge in [0.25, 0.3) is 6.43 Å². The van der Waals surface area contributed by atoms with Crippen molar-refractivity contribution in [3.8, 4) is 5.75 Å². The lowest BCUT2D eigenvalue weighted by molar-refractivity contribution is 0.0819. The molecule has 1 aromatic carbocycles. The predicted octanol–water partition coefficient (Wildman–Crippen LogP) is 3.75. The van der Waals surface area contributed by atoms with Gasteiger partial charge in [-0.2, -0.15) is 0 Å². The largest absolute Gasteiger partial charge is 0.486 e. The van der Waals surface area contributed by atoms with Gasteiger partial charge in [-0.15, -0.1) is 0 Å². The van der Waals surface area contributed by atoms with Crippen LogP contribution in [-0.4, -0.2) is 13.0 Å². The molecular formula is C8H6BrClF2O. The van der Waals surface area contributed by atoms with Gasteiger partial charge >= 0.3 is 0 Å². The Morgan fingerprint density at radius 3 is 2.77 bits per heavy atom. The van der Waals surface area contributed by atoms with E-state index in [1.54, 1.807) is 18.2 Å². The van der Waals surface area contributed by atoms with Crippen LogP contribution in [0.2, 0.25) is 5.02 Å². The first-order valence-corrected chi connectivity index (χ1v) is 4.62. The molecule has 0 aliphatic carbocycles. The summed E-state index contributed by atoms with van der Waals surface area (Å²) in [6, 6.07) is 4.83. The van der Waals surface area contributed by atoms with E-state index >= 15 is 0 Å². The molecule has 0 fully saturated rings. The molecule has 0 amide bonds. The monoisotopic (exact) mass is 270 g/mol. The molecule has 0 aliphatic heterocycles. The molecule has 0 saturated heterocycles. The zero-order valence-corrected chi connectivity index (χ0v) is 8.78. The number of hydrogen-bond acceptors (Lipinski definition) is 1. The van der Waals surface area contributed by atoms with Crippen LogP contribution in [0.25, 0.3) is 0 Å². The van der Waals surface area contributed by atoms with E-state index in [2.05, 4.69) is 15.9 Å². The van der Waals surface area contributed by atoms with Crippen LogP contribution in [0.3, 0.4) is 0 Å². The van der Waals surface area contributed by atoms with Gasteiger partial charge in [0.1, 0.15) is 12.4 Å². The average Bonchev–Trinajstić information content (AvgIpc) is 2.06. The zero-order valence-electron chi connectivity index (χ0n) is 6.44. The third kappa shape index (κ3) is 3.48. The second-order valence-electron chi connectivity index (χ2n) is 2.28. The average molecular weight is 271 g/mol. The lowest BCUT2D eigenvalue weighted by Crippen LogP contribution is -2.07. The molecule has 0 saturated carbocycles. The summed E-state index contributed by atoms with van der Waals surface area (Å²) in [6.07, 6.45) is -2.49. The Morgan fingerprint density at radius 2 is 2.15 bits per heavy atom. The van der Waals surface area contributed by atoms with E-state index in [1.807, 2.05) is 0 Å². The first kappa shape index (κ1) is 10.7. The highest BCUT2D eigenvalue weighted by atomic mass is 79.9. The summed E-state index contributed by atoms with van der Waals surface area (Å²) in [4.78, 5) is 0. The highest BCUT2D eigenvalue weighted by Crippen LogP contribution is 2.28. The Hall–Kier alpha value is -0.350. The van der Waals surface area contributed by atoms with E-state index in [1.165, 1.54) is 0 Å². The number of hydrogen-bond donors (Lipinski definition) is 0. The van der Waals surface area contributed by atoms with Crippen molar-refractivity contribution in [1.82, 2.24) is 0 Å². The van der Waals surface area contributed by atoms with E-state index in [-0.39, 0.29) is 5.75 Å². The van der Waals surface area contributed by atoms with Crippen LogP contribution in [0.4, 0.5) is 8.78 Å². The number of halogens is 4. The van der Waals surface area contributed by atoms with Gasteiger partial charge in [0, 0.05) is 4.47 Å². The third-order valence-electron chi connectivity index (χ3n) is 1.26.